The highest BCUT2D eigenvalue weighted by atomic mass is 35.5. The zero-order valence-electron chi connectivity index (χ0n) is 11.8. The highest BCUT2D eigenvalue weighted by Gasteiger charge is 2.32. The molecule has 1 saturated heterocycles. The Morgan fingerprint density at radius 3 is 2.60 bits per heavy atom. The van der Waals surface area contributed by atoms with Crippen LogP contribution in [0.3, 0.4) is 0 Å². The Kier molecular flexibility index (Phi) is 9.22. The first kappa shape index (κ1) is 19.5. The predicted octanol–water partition coefficient (Wildman–Crippen LogP) is 2.99. The van der Waals surface area contributed by atoms with Crippen LogP contribution in [0.25, 0.3) is 0 Å². The van der Waals surface area contributed by atoms with E-state index in [1.54, 1.807) is 0 Å². The Bertz CT molecular complexity index is 281. The Labute approximate surface area is 124 Å². The number of rotatable bonds is 7. The van der Waals surface area contributed by atoms with Crippen LogP contribution in [0, 0.1) is 5.92 Å². The summed E-state index contributed by atoms with van der Waals surface area (Å²) in [7, 11) is 0. The second kappa shape index (κ2) is 9.45. The molecule has 0 radical (unpaired) electrons. The number of halogens is 4. The van der Waals surface area contributed by atoms with Gasteiger partial charge in [-0.15, -0.1) is 12.4 Å². The normalized spacial score (nSPS) is 18.7. The lowest BCUT2D eigenvalue weighted by atomic mass is 10.0. The van der Waals surface area contributed by atoms with E-state index in [1.807, 2.05) is 6.92 Å². The number of nitrogens with one attached hydrogen (secondary N) is 1. The lowest BCUT2D eigenvalue weighted by Crippen LogP contribution is -2.39. The topological polar surface area (TPSA) is 32.3 Å². The van der Waals surface area contributed by atoms with Crippen molar-refractivity contribution in [3.05, 3.63) is 0 Å². The van der Waals surface area contributed by atoms with Crippen LogP contribution in [0.4, 0.5) is 13.2 Å². The monoisotopic (exact) mass is 316 g/mol. The fraction of sp³-hybridized carbons (Fsp3) is 0.923. The second-order valence-electron chi connectivity index (χ2n) is 5.18. The maximum absolute atomic E-state index is 12.4. The van der Waals surface area contributed by atoms with Crippen LogP contribution in [-0.4, -0.2) is 43.2 Å². The van der Waals surface area contributed by atoms with Crippen molar-refractivity contribution in [3.63, 3.8) is 0 Å². The molecule has 0 aromatic rings. The number of hydrogen-bond acceptors (Lipinski definition) is 2. The van der Waals surface area contributed by atoms with Crippen molar-refractivity contribution in [1.82, 2.24) is 10.2 Å². The first-order chi connectivity index (χ1) is 8.92. The summed E-state index contributed by atoms with van der Waals surface area (Å²) in [6.07, 6.45) is -0.973. The van der Waals surface area contributed by atoms with Crippen LogP contribution in [-0.2, 0) is 4.79 Å². The van der Waals surface area contributed by atoms with Crippen molar-refractivity contribution in [2.24, 2.45) is 5.92 Å². The first-order valence-electron chi connectivity index (χ1n) is 6.97. The molecule has 1 amide bonds. The van der Waals surface area contributed by atoms with Gasteiger partial charge in [-0.2, -0.15) is 13.2 Å². The van der Waals surface area contributed by atoms with E-state index in [0.29, 0.717) is 18.8 Å². The Balaban J connectivity index is 0.00000361. The molecular weight excluding hydrogens is 293 g/mol. The number of unbranched alkanes of at least 4 members (excludes halogenated alkanes) is 1. The number of carbonyl (C=O) groups is 1. The Morgan fingerprint density at radius 1 is 1.40 bits per heavy atom. The van der Waals surface area contributed by atoms with Crippen LogP contribution < -0.4 is 5.32 Å². The molecule has 0 aliphatic carbocycles. The molecule has 1 heterocycles. The zero-order chi connectivity index (χ0) is 14.3. The van der Waals surface area contributed by atoms with Gasteiger partial charge in [0.2, 0.25) is 5.91 Å². The van der Waals surface area contributed by atoms with E-state index in [1.165, 1.54) is 0 Å². The molecule has 0 aromatic carbocycles. The fourth-order valence-electron chi connectivity index (χ4n) is 2.30. The highest BCUT2D eigenvalue weighted by Crippen LogP contribution is 2.19. The molecule has 1 fully saturated rings. The van der Waals surface area contributed by atoms with E-state index in [2.05, 4.69) is 5.32 Å². The van der Waals surface area contributed by atoms with E-state index < -0.39 is 12.7 Å². The lowest BCUT2D eigenvalue weighted by Gasteiger charge is -2.24. The molecule has 120 valence electrons. The van der Waals surface area contributed by atoms with E-state index >= 15 is 0 Å². The third-order valence-corrected chi connectivity index (χ3v) is 3.43. The summed E-state index contributed by atoms with van der Waals surface area (Å²) in [5.74, 6) is 0.0699. The minimum Gasteiger partial charge on any atom is -0.334 e. The van der Waals surface area contributed by atoms with Gasteiger partial charge in [0.05, 0.1) is 0 Å². The summed E-state index contributed by atoms with van der Waals surface area (Å²) in [4.78, 5) is 12.9. The molecule has 3 nitrogen and oxygen atoms in total. The van der Waals surface area contributed by atoms with E-state index in [0.717, 1.165) is 30.8 Å². The van der Waals surface area contributed by atoms with Gasteiger partial charge in [0.25, 0.3) is 0 Å². The maximum atomic E-state index is 12.4. The number of hydrogen-bond donors (Lipinski definition) is 1. The summed E-state index contributed by atoms with van der Waals surface area (Å²) in [6.45, 7) is 2.81. The summed E-state index contributed by atoms with van der Waals surface area (Å²) in [6, 6.07) is 0. The van der Waals surface area contributed by atoms with Gasteiger partial charge in [-0.1, -0.05) is 13.3 Å². The van der Waals surface area contributed by atoms with Gasteiger partial charge in [-0.05, 0) is 38.3 Å². The SMILES string of the molecule is CCCCN(CC(F)(F)F)C(=O)CCC1CCNC1.Cl. The number of carbonyl (C=O) groups excluding carboxylic acids is 1. The molecule has 0 bridgehead atoms. The Hall–Kier alpha value is -0.490. The summed E-state index contributed by atoms with van der Waals surface area (Å²) < 4.78 is 37.3. The number of amides is 1. The zero-order valence-corrected chi connectivity index (χ0v) is 12.7. The summed E-state index contributed by atoms with van der Waals surface area (Å²) in [5.41, 5.74) is 0. The van der Waals surface area contributed by atoms with Gasteiger partial charge in [0.1, 0.15) is 6.54 Å². The average molecular weight is 317 g/mol. The van der Waals surface area contributed by atoms with Crippen molar-refractivity contribution in [3.8, 4) is 0 Å². The van der Waals surface area contributed by atoms with Crippen molar-refractivity contribution >= 4 is 18.3 Å². The van der Waals surface area contributed by atoms with Crippen LogP contribution in [0.15, 0.2) is 0 Å². The maximum Gasteiger partial charge on any atom is 0.406 e. The van der Waals surface area contributed by atoms with E-state index in [9.17, 15) is 18.0 Å². The minimum absolute atomic E-state index is 0. The molecule has 1 N–H and O–H groups in total. The largest absolute Gasteiger partial charge is 0.406 e. The van der Waals surface area contributed by atoms with Crippen LogP contribution in [0.1, 0.15) is 39.0 Å². The van der Waals surface area contributed by atoms with Gasteiger partial charge >= 0.3 is 6.18 Å². The summed E-state index contributed by atoms with van der Waals surface area (Å²) in [5, 5.41) is 3.19. The van der Waals surface area contributed by atoms with Crippen LogP contribution >= 0.6 is 12.4 Å². The molecular formula is C13H24ClF3N2O. The molecule has 20 heavy (non-hydrogen) atoms. The molecule has 1 aliphatic rings. The number of alkyl halides is 3. The van der Waals surface area contributed by atoms with Gasteiger partial charge in [-0.25, -0.2) is 0 Å². The van der Waals surface area contributed by atoms with Crippen molar-refractivity contribution in [2.45, 2.75) is 45.2 Å². The smallest absolute Gasteiger partial charge is 0.334 e. The Morgan fingerprint density at radius 2 is 2.10 bits per heavy atom. The van der Waals surface area contributed by atoms with Gasteiger partial charge < -0.3 is 10.2 Å². The third-order valence-electron chi connectivity index (χ3n) is 3.43. The third kappa shape index (κ3) is 7.94. The molecule has 1 atom stereocenters. The lowest BCUT2D eigenvalue weighted by molar-refractivity contribution is -0.161. The van der Waals surface area contributed by atoms with Gasteiger partial charge in [0, 0.05) is 13.0 Å². The van der Waals surface area contributed by atoms with Crippen molar-refractivity contribution in [1.29, 1.82) is 0 Å². The predicted molar refractivity (Wildman–Crippen MR) is 75.0 cm³/mol. The first-order valence-corrected chi connectivity index (χ1v) is 6.97. The molecule has 1 rings (SSSR count). The fourth-order valence-corrected chi connectivity index (χ4v) is 2.30. The van der Waals surface area contributed by atoms with Crippen LogP contribution in [0.2, 0.25) is 0 Å². The number of nitrogens with zero attached hydrogens (tertiary/aromatic N) is 1. The van der Waals surface area contributed by atoms with E-state index in [-0.39, 0.29) is 31.3 Å². The van der Waals surface area contributed by atoms with Gasteiger partial charge in [-0.3, -0.25) is 4.79 Å². The van der Waals surface area contributed by atoms with Crippen molar-refractivity contribution < 1.29 is 18.0 Å². The molecule has 7 heteroatoms. The summed E-state index contributed by atoms with van der Waals surface area (Å²) >= 11 is 0. The minimum atomic E-state index is -4.31. The molecule has 1 aliphatic heterocycles. The van der Waals surface area contributed by atoms with Gasteiger partial charge in [0.15, 0.2) is 0 Å². The molecule has 1 unspecified atom stereocenters. The second-order valence-corrected chi connectivity index (χ2v) is 5.18. The van der Waals surface area contributed by atoms with Crippen LogP contribution in [0.5, 0.6) is 0 Å². The quantitative estimate of drug-likeness (QED) is 0.783. The molecule has 0 aromatic heterocycles. The molecule has 0 saturated carbocycles. The van der Waals surface area contributed by atoms with Crippen molar-refractivity contribution in [2.75, 3.05) is 26.2 Å². The highest BCUT2D eigenvalue weighted by molar-refractivity contribution is 5.85. The standard InChI is InChI=1S/C13H23F3N2O.ClH/c1-2-3-8-18(10-13(14,15)16)12(19)5-4-11-6-7-17-9-11;/h11,17H,2-10H2,1H3;1H. The molecule has 0 spiro atoms. The average Bonchev–Trinajstić information content (AvgIpc) is 2.83. The van der Waals surface area contributed by atoms with E-state index in [4.69, 9.17) is 0 Å².